The molecule has 2 aromatic rings. The van der Waals surface area contributed by atoms with Gasteiger partial charge in [0.15, 0.2) is 5.69 Å². The Morgan fingerprint density at radius 1 is 1.12 bits per heavy atom. The molecule has 1 saturated heterocycles. The highest BCUT2D eigenvalue weighted by atomic mass is 16.4. The van der Waals surface area contributed by atoms with Crippen molar-refractivity contribution >= 4 is 17.7 Å². The number of carbonyl (C=O) groups excluding carboxylic acids is 1. The highest BCUT2D eigenvalue weighted by Crippen LogP contribution is 2.21. The fourth-order valence-electron chi connectivity index (χ4n) is 2.90. The number of carboxylic acids is 1. The van der Waals surface area contributed by atoms with Crippen LogP contribution in [0.2, 0.25) is 0 Å². The summed E-state index contributed by atoms with van der Waals surface area (Å²) in [7, 11) is 0. The summed E-state index contributed by atoms with van der Waals surface area (Å²) in [6, 6.07) is 9.84. The van der Waals surface area contributed by atoms with Gasteiger partial charge in [0.05, 0.1) is 12.4 Å². The number of rotatable bonds is 5. The molecule has 0 saturated carbocycles. The third-order valence-corrected chi connectivity index (χ3v) is 4.36. The number of hydrogen-bond acceptors (Lipinski definition) is 5. The number of aromatic carboxylic acids is 1. The first-order chi connectivity index (χ1) is 12.1. The van der Waals surface area contributed by atoms with Gasteiger partial charge in [-0.05, 0) is 18.4 Å². The van der Waals surface area contributed by atoms with Gasteiger partial charge in [-0.1, -0.05) is 30.3 Å². The molecule has 0 unspecified atom stereocenters. The monoisotopic (exact) mass is 340 g/mol. The Balaban J connectivity index is 1.49. The maximum atomic E-state index is 12.3. The fourth-order valence-corrected chi connectivity index (χ4v) is 2.90. The first kappa shape index (κ1) is 16.9. The van der Waals surface area contributed by atoms with E-state index in [0.29, 0.717) is 25.5 Å². The summed E-state index contributed by atoms with van der Waals surface area (Å²) in [5.74, 6) is -0.372. The molecule has 1 amide bonds. The van der Waals surface area contributed by atoms with Gasteiger partial charge in [-0.15, -0.1) is 0 Å². The summed E-state index contributed by atoms with van der Waals surface area (Å²) in [5, 5.41) is 11.8. The van der Waals surface area contributed by atoms with Crippen LogP contribution in [0.3, 0.4) is 0 Å². The van der Waals surface area contributed by atoms with Crippen molar-refractivity contribution in [3.8, 4) is 0 Å². The minimum atomic E-state index is -1.09. The SMILES string of the molecule is O=C(O)c1cnc(N2CCC(C(=O)NCc3ccccc3)CC2)cn1. The quantitative estimate of drug-likeness (QED) is 0.860. The summed E-state index contributed by atoms with van der Waals surface area (Å²) in [5.41, 5.74) is 1.01. The average molecular weight is 340 g/mol. The standard InChI is InChI=1S/C18H20N4O3/c23-17(21-10-13-4-2-1-3-5-13)14-6-8-22(9-7-14)16-12-19-15(11-20-16)18(24)25/h1-5,11-12,14H,6-10H2,(H,21,23)(H,24,25). The Morgan fingerprint density at radius 2 is 1.84 bits per heavy atom. The van der Waals surface area contributed by atoms with E-state index in [2.05, 4.69) is 15.3 Å². The zero-order valence-electron chi connectivity index (χ0n) is 13.8. The summed E-state index contributed by atoms with van der Waals surface area (Å²) in [6.45, 7) is 1.94. The molecule has 0 atom stereocenters. The number of carbonyl (C=O) groups is 2. The van der Waals surface area contributed by atoms with Crippen molar-refractivity contribution in [1.82, 2.24) is 15.3 Å². The van der Waals surface area contributed by atoms with Gasteiger partial charge in [-0.3, -0.25) is 4.79 Å². The normalized spacial score (nSPS) is 15.0. The second-order valence-corrected chi connectivity index (χ2v) is 6.03. The van der Waals surface area contributed by atoms with E-state index >= 15 is 0 Å². The molecule has 7 nitrogen and oxygen atoms in total. The number of aromatic nitrogens is 2. The van der Waals surface area contributed by atoms with Crippen molar-refractivity contribution in [3.63, 3.8) is 0 Å². The molecule has 130 valence electrons. The van der Waals surface area contributed by atoms with Crippen LogP contribution in [0, 0.1) is 5.92 Å². The molecule has 0 aliphatic carbocycles. The van der Waals surface area contributed by atoms with Gasteiger partial charge >= 0.3 is 5.97 Å². The van der Waals surface area contributed by atoms with E-state index < -0.39 is 5.97 Å². The Morgan fingerprint density at radius 3 is 2.44 bits per heavy atom. The number of benzene rings is 1. The third kappa shape index (κ3) is 4.32. The van der Waals surface area contributed by atoms with Crippen molar-refractivity contribution in [2.45, 2.75) is 19.4 Å². The lowest BCUT2D eigenvalue weighted by molar-refractivity contribution is -0.125. The zero-order valence-corrected chi connectivity index (χ0v) is 13.8. The highest BCUT2D eigenvalue weighted by Gasteiger charge is 2.25. The van der Waals surface area contributed by atoms with Crippen molar-refractivity contribution in [2.24, 2.45) is 5.92 Å². The molecule has 2 heterocycles. The minimum absolute atomic E-state index is 0.00813. The minimum Gasteiger partial charge on any atom is -0.476 e. The average Bonchev–Trinajstić information content (AvgIpc) is 2.67. The molecule has 1 aromatic heterocycles. The van der Waals surface area contributed by atoms with E-state index in [1.807, 2.05) is 35.2 Å². The molecule has 0 radical (unpaired) electrons. The maximum Gasteiger partial charge on any atom is 0.356 e. The van der Waals surface area contributed by atoms with Crippen LogP contribution in [0.15, 0.2) is 42.7 Å². The summed E-state index contributed by atoms with van der Waals surface area (Å²) in [4.78, 5) is 33.2. The predicted molar refractivity (Wildman–Crippen MR) is 92.2 cm³/mol. The highest BCUT2D eigenvalue weighted by molar-refractivity contribution is 5.85. The van der Waals surface area contributed by atoms with Crippen LogP contribution in [-0.2, 0) is 11.3 Å². The smallest absolute Gasteiger partial charge is 0.356 e. The summed E-state index contributed by atoms with van der Waals surface area (Å²) < 4.78 is 0. The van der Waals surface area contributed by atoms with E-state index in [-0.39, 0.29) is 17.5 Å². The topological polar surface area (TPSA) is 95.4 Å². The van der Waals surface area contributed by atoms with Crippen molar-refractivity contribution in [2.75, 3.05) is 18.0 Å². The third-order valence-electron chi connectivity index (χ3n) is 4.36. The second-order valence-electron chi connectivity index (χ2n) is 6.03. The van der Waals surface area contributed by atoms with Crippen molar-refractivity contribution in [1.29, 1.82) is 0 Å². The van der Waals surface area contributed by atoms with Crippen LogP contribution in [0.4, 0.5) is 5.82 Å². The van der Waals surface area contributed by atoms with Gasteiger partial charge in [-0.2, -0.15) is 0 Å². The number of anilines is 1. The van der Waals surface area contributed by atoms with Crippen LogP contribution in [0.1, 0.15) is 28.9 Å². The number of nitrogens with zero attached hydrogens (tertiary/aromatic N) is 3. The molecule has 25 heavy (non-hydrogen) atoms. The zero-order chi connectivity index (χ0) is 17.6. The van der Waals surface area contributed by atoms with Gasteiger partial charge < -0.3 is 15.3 Å². The number of amides is 1. The molecule has 1 aliphatic rings. The Kier molecular flexibility index (Phi) is 5.23. The van der Waals surface area contributed by atoms with E-state index in [1.54, 1.807) is 0 Å². The Hall–Kier alpha value is -2.96. The number of nitrogens with one attached hydrogen (secondary N) is 1. The second kappa shape index (κ2) is 7.74. The van der Waals surface area contributed by atoms with Crippen molar-refractivity contribution in [3.05, 3.63) is 54.0 Å². The van der Waals surface area contributed by atoms with Gasteiger partial charge in [0.25, 0.3) is 0 Å². The molecule has 0 spiro atoms. The summed E-state index contributed by atoms with van der Waals surface area (Å²) in [6.07, 6.45) is 4.21. The van der Waals surface area contributed by atoms with E-state index in [9.17, 15) is 9.59 Å². The van der Waals surface area contributed by atoms with Gasteiger partial charge in [0.2, 0.25) is 5.91 Å². The molecular weight excluding hydrogens is 320 g/mol. The molecule has 0 bridgehead atoms. The first-order valence-electron chi connectivity index (χ1n) is 8.25. The van der Waals surface area contributed by atoms with Crippen LogP contribution in [0.25, 0.3) is 0 Å². The van der Waals surface area contributed by atoms with Gasteiger partial charge in [0, 0.05) is 25.6 Å². The first-order valence-corrected chi connectivity index (χ1v) is 8.25. The van der Waals surface area contributed by atoms with Crippen LogP contribution in [-0.4, -0.2) is 40.0 Å². The fraction of sp³-hybridized carbons (Fsp3) is 0.333. The lowest BCUT2D eigenvalue weighted by Gasteiger charge is -2.31. The molecule has 1 aromatic carbocycles. The molecule has 1 aliphatic heterocycles. The molecule has 1 fully saturated rings. The van der Waals surface area contributed by atoms with Crippen LogP contribution < -0.4 is 10.2 Å². The van der Waals surface area contributed by atoms with Gasteiger partial charge in [0.1, 0.15) is 5.82 Å². The molecule has 3 rings (SSSR count). The van der Waals surface area contributed by atoms with Crippen LogP contribution >= 0.6 is 0 Å². The molecular formula is C18H20N4O3. The van der Waals surface area contributed by atoms with Crippen molar-refractivity contribution < 1.29 is 14.7 Å². The van der Waals surface area contributed by atoms with E-state index in [4.69, 9.17) is 5.11 Å². The molecule has 7 heteroatoms. The Bertz CT molecular complexity index is 726. The Labute approximate surface area is 145 Å². The number of carboxylic acid groups (broad SMARTS) is 1. The number of piperidine rings is 1. The predicted octanol–water partition coefficient (Wildman–Crippen LogP) is 1.71. The number of hydrogen-bond donors (Lipinski definition) is 2. The molecule has 2 N–H and O–H groups in total. The largest absolute Gasteiger partial charge is 0.476 e. The lowest BCUT2D eigenvalue weighted by Crippen LogP contribution is -2.40. The maximum absolute atomic E-state index is 12.3. The lowest BCUT2D eigenvalue weighted by atomic mass is 9.96. The summed E-state index contributed by atoms with van der Waals surface area (Å²) >= 11 is 0. The van der Waals surface area contributed by atoms with E-state index in [1.165, 1.54) is 12.4 Å². The van der Waals surface area contributed by atoms with Crippen LogP contribution in [0.5, 0.6) is 0 Å². The van der Waals surface area contributed by atoms with E-state index in [0.717, 1.165) is 18.4 Å². The van der Waals surface area contributed by atoms with Gasteiger partial charge in [-0.25, -0.2) is 14.8 Å².